The molecule has 3 heteroatoms. The number of pyridine rings is 1. The highest BCUT2D eigenvalue weighted by Crippen LogP contribution is 2.17. The highest BCUT2D eigenvalue weighted by molar-refractivity contribution is 5.97. The van der Waals surface area contributed by atoms with E-state index < -0.39 is 0 Å². The Labute approximate surface area is 71.8 Å². The molecule has 0 fully saturated rings. The van der Waals surface area contributed by atoms with Gasteiger partial charge in [0.1, 0.15) is 5.82 Å². The molecule has 1 aliphatic heterocycles. The van der Waals surface area contributed by atoms with E-state index in [0.717, 1.165) is 5.56 Å². The average molecular weight is 164 g/mol. The number of anilines is 1. The van der Waals surface area contributed by atoms with Gasteiger partial charge in [0, 0.05) is 11.8 Å². The van der Waals surface area contributed by atoms with Crippen LogP contribution in [0.1, 0.15) is 19.4 Å². The van der Waals surface area contributed by atoms with Gasteiger partial charge in [0.2, 0.25) is 5.91 Å². The average Bonchev–Trinajstić information content (AvgIpc) is 2.48. The van der Waals surface area contributed by atoms with Gasteiger partial charge >= 0.3 is 0 Å². The fourth-order valence-corrected chi connectivity index (χ4v) is 1.04. The zero-order valence-corrected chi connectivity index (χ0v) is 7.29. The second-order valence-corrected chi connectivity index (χ2v) is 2.24. The van der Waals surface area contributed by atoms with E-state index in [4.69, 9.17) is 0 Å². The molecule has 0 atom stereocenters. The third-order valence-corrected chi connectivity index (χ3v) is 1.50. The van der Waals surface area contributed by atoms with Gasteiger partial charge in [-0.1, -0.05) is 19.9 Å². The van der Waals surface area contributed by atoms with Crippen LogP contribution in [0.25, 0.3) is 0 Å². The van der Waals surface area contributed by atoms with Crippen LogP contribution in [0, 0.1) is 0 Å². The van der Waals surface area contributed by atoms with Crippen LogP contribution >= 0.6 is 0 Å². The summed E-state index contributed by atoms with van der Waals surface area (Å²) in [6.45, 7) is 4.00. The third-order valence-electron chi connectivity index (χ3n) is 1.50. The van der Waals surface area contributed by atoms with Crippen molar-refractivity contribution in [2.45, 2.75) is 20.3 Å². The van der Waals surface area contributed by atoms with Crippen LogP contribution in [0.2, 0.25) is 0 Å². The molecule has 12 heavy (non-hydrogen) atoms. The first-order valence-electron chi connectivity index (χ1n) is 4.10. The van der Waals surface area contributed by atoms with Crippen molar-refractivity contribution in [3.8, 4) is 0 Å². The van der Waals surface area contributed by atoms with Gasteiger partial charge in [-0.25, -0.2) is 4.98 Å². The first-order valence-corrected chi connectivity index (χ1v) is 4.10. The van der Waals surface area contributed by atoms with E-state index in [2.05, 4.69) is 10.3 Å². The van der Waals surface area contributed by atoms with Gasteiger partial charge in [-0.2, -0.15) is 0 Å². The second-order valence-electron chi connectivity index (χ2n) is 2.24. The normalized spacial score (nSPS) is 12.7. The molecule has 0 spiro atoms. The number of aromatic nitrogens is 1. The van der Waals surface area contributed by atoms with Crippen molar-refractivity contribution < 1.29 is 4.79 Å². The van der Waals surface area contributed by atoms with E-state index in [1.54, 1.807) is 6.20 Å². The highest BCUT2D eigenvalue weighted by atomic mass is 16.1. The van der Waals surface area contributed by atoms with Crippen molar-refractivity contribution in [2.75, 3.05) is 5.32 Å². The lowest BCUT2D eigenvalue weighted by molar-refractivity contribution is -0.115. The van der Waals surface area contributed by atoms with Crippen LogP contribution in [-0.2, 0) is 11.2 Å². The van der Waals surface area contributed by atoms with E-state index in [0.29, 0.717) is 12.2 Å². The van der Waals surface area contributed by atoms with Crippen LogP contribution in [0.15, 0.2) is 18.3 Å². The molecule has 3 nitrogen and oxygen atoms in total. The molecule has 64 valence electrons. The quantitative estimate of drug-likeness (QED) is 0.632. The number of carbonyl (C=O) groups excluding carboxylic acids is 1. The monoisotopic (exact) mass is 164 g/mol. The molecule has 0 saturated carbocycles. The van der Waals surface area contributed by atoms with Crippen LogP contribution in [0.4, 0.5) is 5.82 Å². The van der Waals surface area contributed by atoms with E-state index in [-0.39, 0.29) is 5.91 Å². The lowest BCUT2D eigenvalue weighted by Crippen LogP contribution is -2.04. The topological polar surface area (TPSA) is 42.0 Å². The van der Waals surface area contributed by atoms with Crippen LogP contribution < -0.4 is 5.32 Å². The summed E-state index contributed by atoms with van der Waals surface area (Å²) < 4.78 is 0. The molecule has 0 aliphatic carbocycles. The van der Waals surface area contributed by atoms with Crippen molar-refractivity contribution >= 4 is 11.7 Å². The van der Waals surface area contributed by atoms with E-state index in [1.807, 2.05) is 26.0 Å². The fourth-order valence-electron chi connectivity index (χ4n) is 1.04. The van der Waals surface area contributed by atoms with Crippen molar-refractivity contribution in [1.29, 1.82) is 0 Å². The van der Waals surface area contributed by atoms with Gasteiger partial charge in [0.25, 0.3) is 0 Å². The SMILES string of the molecule is CC.O=C1Cc2cccnc2N1. The van der Waals surface area contributed by atoms with E-state index in [9.17, 15) is 4.79 Å². The van der Waals surface area contributed by atoms with Gasteiger partial charge in [0.05, 0.1) is 6.42 Å². The fraction of sp³-hybridized carbons (Fsp3) is 0.333. The minimum Gasteiger partial charge on any atom is -0.310 e. The number of nitrogens with one attached hydrogen (secondary N) is 1. The highest BCUT2D eigenvalue weighted by Gasteiger charge is 2.16. The maximum absolute atomic E-state index is 10.7. The summed E-state index contributed by atoms with van der Waals surface area (Å²) in [5.41, 5.74) is 0.993. The van der Waals surface area contributed by atoms with Crippen LogP contribution in [-0.4, -0.2) is 10.9 Å². The van der Waals surface area contributed by atoms with E-state index in [1.165, 1.54) is 0 Å². The van der Waals surface area contributed by atoms with Crippen molar-refractivity contribution in [3.05, 3.63) is 23.9 Å². The zero-order valence-electron chi connectivity index (χ0n) is 7.29. The standard InChI is InChI=1S/C7H6N2O.C2H6/c10-6-4-5-2-1-3-8-7(5)9-6;1-2/h1-3H,4H2,(H,8,9,10);1-2H3. The molecule has 2 heterocycles. The number of hydrogen-bond donors (Lipinski definition) is 1. The number of carbonyl (C=O) groups is 1. The maximum Gasteiger partial charge on any atom is 0.230 e. The van der Waals surface area contributed by atoms with Gasteiger partial charge in [-0.3, -0.25) is 4.79 Å². The van der Waals surface area contributed by atoms with Crippen molar-refractivity contribution in [1.82, 2.24) is 4.98 Å². The Kier molecular flexibility index (Phi) is 2.80. The molecule has 1 aromatic rings. The predicted molar refractivity (Wildman–Crippen MR) is 47.9 cm³/mol. The van der Waals surface area contributed by atoms with Crippen molar-refractivity contribution in [2.24, 2.45) is 0 Å². The minimum absolute atomic E-state index is 0.0358. The number of amides is 1. The Morgan fingerprint density at radius 3 is 2.92 bits per heavy atom. The molecule has 0 aromatic carbocycles. The molecule has 0 unspecified atom stereocenters. The third kappa shape index (κ3) is 1.61. The lowest BCUT2D eigenvalue weighted by atomic mass is 10.2. The molecular weight excluding hydrogens is 152 g/mol. The molecule has 2 rings (SSSR count). The summed E-state index contributed by atoms with van der Waals surface area (Å²) >= 11 is 0. The summed E-state index contributed by atoms with van der Waals surface area (Å²) in [7, 11) is 0. The van der Waals surface area contributed by atoms with E-state index >= 15 is 0 Å². The van der Waals surface area contributed by atoms with Gasteiger partial charge < -0.3 is 5.32 Å². The summed E-state index contributed by atoms with van der Waals surface area (Å²) in [5, 5.41) is 2.65. The molecule has 0 radical (unpaired) electrons. The van der Waals surface area contributed by atoms with Gasteiger partial charge in [0.15, 0.2) is 0 Å². The molecule has 1 amide bonds. The Bertz CT molecular complexity index is 257. The first-order chi connectivity index (χ1) is 5.86. The maximum atomic E-state index is 10.7. The Morgan fingerprint density at radius 2 is 2.25 bits per heavy atom. The summed E-state index contributed by atoms with van der Waals surface area (Å²) in [6, 6.07) is 3.74. The smallest absolute Gasteiger partial charge is 0.230 e. The largest absolute Gasteiger partial charge is 0.310 e. The summed E-state index contributed by atoms with van der Waals surface area (Å²) in [4.78, 5) is 14.7. The zero-order chi connectivity index (χ0) is 8.97. The summed E-state index contributed by atoms with van der Waals surface area (Å²) in [5.74, 6) is 0.751. The van der Waals surface area contributed by atoms with Crippen LogP contribution in [0.5, 0.6) is 0 Å². The lowest BCUT2D eigenvalue weighted by Gasteiger charge is -1.91. The molecule has 1 aromatic heterocycles. The molecule has 0 saturated heterocycles. The molecule has 1 aliphatic rings. The minimum atomic E-state index is 0.0358. The number of fused-ring (bicyclic) bond motifs is 1. The van der Waals surface area contributed by atoms with Gasteiger partial charge in [-0.05, 0) is 6.07 Å². The first kappa shape index (κ1) is 8.71. The number of hydrogen-bond acceptors (Lipinski definition) is 2. The molecule has 0 bridgehead atoms. The molecular formula is C9H12N2O. The van der Waals surface area contributed by atoms with Crippen molar-refractivity contribution in [3.63, 3.8) is 0 Å². The molecule has 1 N–H and O–H groups in total. The van der Waals surface area contributed by atoms with Gasteiger partial charge in [-0.15, -0.1) is 0 Å². The second kappa shape index (κ2) is 3.85. The number of rotatable bonds is 0. The summed E-state index contributed by atoms with van der Waals surface area (Å²) in [6.07, 6.45) is 2.15. The Hall–Kier alpha value is -1.38. The Balaban J connectivity index is 0.000000336. The Morgan fingerprint density at radius 1 is 1.50 bits per heavy atom. The number of nitrogens with zero attached hydrogens (tertiary/aromatic N) is 1. The van der Waals surface area contributed by atoms with Crippen LogP contribution in [0.3, 0.4) is 0 Å². The predicted octanol–water partition coefficient (Wildman–Crippen LogP) is 1.60.